The summed E-state index contributed by atoms with van der Waals surface area (Å²) >= 11 is 6.20. The number of pyridine rings is 1. The largest absolute Gasteiger partial charge is 0.333 e. The van der Waals surface area contributed by atoms with Gasteiger partial charge in [-0.2, -0.15) is 19.1 Å². The molecular weight excluding hydrogens is 526 g/mol. The van der Waals surface area contributed by atoms with Crippen molar-refractivity contribution in [2.75, 3.05) is 11.9 Å². The van der Waals surface area contributed by atoms with Crippen LogP contribution in [-0.4, -0.2) is 38.0 Å². The van der Waals surface area contributed by atoms with Crippen LogP contribution in [0.5, 0.6) is 0 Å². The van der Waals surface area contributed by atoms with Crippen molar-refractivity contribution < 1.29 is 18.4 Å². The molecular formula is C28H27ClF2N6O2. The zero-order valence-electron chi connectivity index (χ0n) is 21.2. The average Bonchev–Trinajstić information content (AvgIpc) is 3.34. The number of hydrogen-bond donors (Lipinski definition) is 1. The lowest BCUT2D eigenvalue weighted by molar-refractivity contribution is -0.129. The van der Waals surface area contributed by atoms with Gasteiger partial charge in [-0.1, -0.05) is 42.7 Å². The standard InChI is InChI=1S/C28H27ClF2N6O2/c1-16-3-2-4-24(36-10-8-17(12-25(36)38)21-13-20(29)6-5-19(21)14-32)22-11-18(7-9-33-22)26-23(35-27(16)39)15-34-37(26)28(30)31/h5-7,9,11-13,15-16,19,21,24,28H,2-4,8,10H2,1H3,(H,35,39)/t16-,19?,21?,24+/m1/s1. The predicted molar refractivity (Wildman–Crippen MR) is 141 cm³/mol. The molecule has 1 aliphatic carbocycles. The molecule has 2 bridgehead atoms. The van der Waals surface area contributed by atoms with Crippen molar-refractivity contribution >= 4 is 29.1 Å². The number of nitrogens with one attached hydrogen (secondary N) is 1. The van der Waals surface area contributed by atoms with Gasteiger partial charge in [-0.3, -0.25) is 14.6 Å². The fraction of sp³-hybridized carbons (Fsp3) is 0.393. The molecule has 2 aliphatic heterocycles. The van der Waals surface area contributed by atoms with Crippen LogP contribution < -0.4 is 5.32 Å². The highest BCUT2D eigenvalue weighted by Gasteiger charge is 2.33. The van der Waals surface area contributed by atoms with E-state index in [1.54, 1.807) is 48.3 Å². The molecule has 0 fully saturated rings. The van der Waals surface area contributed by atoms with Gasteiger partial charge in [0.05, 0.1) is 41.3 Å². The van der Waals surface area contributed by atoms with E-state index in [1.807, 2.05) is 0 Å². The van der Waals surface area contributed by atoms with Crippen LogP contribution in [0.3, 0.4) is 0 Å². The SMILES string of the molecule is C[C@@H]1CCC[C@H](N2CCC(C3C=C(Cl)C=CC3C#N)=CC2=O)c2cc(ccn2)-c2c(cnn2C(F)F)NC1=O. The van der Waals surface area contributed by atoms with Crippen LogP contribution >= 0.6 is 11.6 Å². The van der Waals surface area contributed by atoms with E-state index in [1.165, 1.54) is 12.4 Å². The molecule has 0 spiro atoms. The van der Waals surface area contributed by atoms with Gasteiger partial charge in [-0.25, -0.2) is 4.68 Å². The molecule has 0 saturated heterocycles. The summed E-state index contributed by atoms with van der Waals surface area (Å²) in [6, 6.07) is 5.13. The van der Waals surface area contributed by atoms with Crippen LogP contribution in [0, 0.1) is 29.1 Å². The third-order valence-corrected chi connectivity index (χ3v) is 7.82. The third-order valence-electron chi connectivity index (χ3n) is 7.57. The molecule has 5 rings (SSSR count). The van der Waals surface area contributed by atoms with Crippen LogP contribution in [0.1, 0.15) is 50.9 Å². The Morgan fingerprint density at radius 2 is 2.10 bits per heavy atom. The van der Waals surface area contributed by atoms with Crippen LogP contribution in [0.2, 0.25) is 0 Å². The Bertz CT molecular complexity index is 1430. The second kappa shape index (κ2) is 11.1. The number of nitrogens with zero attached hydrogens (tertiary/aromatic N) is 5. The van der Waals surface area contributed by atoms with Gasteiger partial charge in [0, 0.05) is 41.2 Å². The predicted octanol–water partition coefficient (Wildman–Crippen LogP) is 5.75. The molecule has 2 unspecified atom stereocenters. The van der Waals surface area contributed by atoms with E-state index in [9.17, 15) is 23.6 Å². The molecule has 2 aromatic rings. The molecule has 4 heterocycles. The highest BCUT2D eigenvalue weighted by molar-refractivity contribution is 6.31. The van der Waals surface area contributed by atoms with E-state index in [4.69, 9.17) is 11.6 Å². The molecule has 8 nitrogen and oxygen atoms in total. The normalized spacial score (nSPS) is 25.6. The number of fused-ring (bicyclic) bond motifs is 4. The maximum absolute atomic E-state index is 13.8. The molecule has 0 aromatic carbocycles. The van der Waals surface area contributed by atoms with Gasteiger partial charge in [-0.05, 0) is 37.5 Å². The van der Waals surface area contributed by atoms with Gasteiger partial charge < -0.3 is 10.2 Å². The first-order valence-corrected chi connectivity index (χ1v) is 13.2. The number of halogens is 3. The summed E-state index contributed by atoms with van der Waals surface area (Å²) in [6.07, 6.45) is 11.9. The fourth-order valence-electron chi connectivity index (χ4n) is 5.49. The zero-order valence-corrected chi connectivity index (χ0v) is 22.0. The lowest BCUT2D eigenvalue weighted by atomic mass is 9.80. The van der Waals surface area contributed by atoms with Crippen molar-refractivity contribution in [2.45, 2.75) is 45.2 Å². The second-order valence-corrected chi connectivity index (χ2v) is 10.5. The van der Waals surface area contributed by atoms with E-state index >= 15 is 0 Å². The van der Waals surface area contributed by atoms with E-state index in [-0.39, 0.29) is 35.0 Å². The summed E-state index contributed by atoms with van der Waals surface area (Å²) in [7, 11) is 0. The molecule has 2 amide bonds. The number of carbonyl (C=O) groups is 2. The van der Waals surface area contributed by atoms with Crippen molar-refractivity contribution in [3.63, 3.8) is 0 Å². The quantitative estimate of drug-likeness (QED) is 0.522. The highest BCUT2D eigenvalue weighted by Crippen LogP contribution is 2.38. The first-order valence-electron chi connectivity index (χ1n) is 12.9. The summed E-state index contributed by atoms with van der Waals surface area (Å²) in [5.41, 5.74) is 2.11. The van der Waals surface area contributed by atoms with Gasteiger partial charge in [-0.15, -0.1) is 0 Å². The van der Waals surface area contributed by atoms with Crippen LogP contribution in [0.4, 0.5) is 14.5 Å². The molecule has 2 aromatic heterocycles. The van der Waals surface area contributed by atoms with Gasteiger partial charge in [0.1, 0.15) is 0 Å². The number of alkyl halides is 2. The van der Waals surface area contributed by atoms with Crippen molar-refractivity contribution in [1.82, 2.24) is 19.7 Å². The Morgan fingerprint density at radius 1 is 1.28 bits per heavy atom. The Labute approximate surface area is 229 Å². The number of rotatable bonds is 3. The maximum Gasteiger partial charge on any atom is 0.333 e. The van der Waals surface area contributed by atoms with Crippen LogP contribution in [0.25, 0.3) is 11.3 Å². The van der Waals surface area contributed by atoms with Crippen molar-refractivity contribution in [3.8, 4) is 17.3 Å². The Morgan fingerprint density at radius 3 is 2.85 bits per heavy atom. The van der Waals surface area contributed by atoms with Crippen molar-refractivity contribution in [2.24, 2.45) is 17.8 Å². The minimum atomic E-state index is -2.91. The monoisotopic (exact) mass is 552 g/mol. The van der Waals surface area contributed by atoms with Crippen LogP contribution in [-0.2, 0) is 9.59 Å². The second-order valence-electron chi connectivity index (χ2n) is 10.0. The number of anilines is 1. The molecule has 11 heteroatoms. The van der Waals surface area contributed by atoms with E-state index in [0.717, 1.165) is 5.57 Å². The highest BCUT2D eigenvalue weighted by atomic mass is 35.5. The van der Waals surface area contributed by atoms with Gasteiger partial charge in [0.15, 0.2) is 0 Å². The number of aromatic nitrogens is 3. The summed E-state index contributed by atoms with van der Waals surface area (Å²) < 4.78 is 28.3. The zero-order chi connectivity index (χ0) is 27.7. The van der Waals surface area contributed by atoms with Crippen molar-refractivity contribution in [3.05, 3.63) is 65.1 Å². The summed E-state index contributed by atoms with van der Waals surface area (Å²) in [6.45, 7) is -0.721. The van der Waals surface area contributed by atoms with Gasteiger partial charge >= 0.3 is 6.55 Å². The first kappa shape index (κ1) is 26.8. The minimum Gasteiger partial charge on any atom is -0.330 e. The lowest BCUT2D eigenvalue weighted by Gasteiger charge is -2.36. The molecule has 0 saturated carbocycles. The minimum absolute atomic E-state index is 0.0808. The third kappa shape index (κ3) is 5.36. The molecule has 0 radical (unpaired) electrons. The Kier molecular flexibility index (Phi) is 7.62. The van der Waals surface area contributed by atoms with E-state index < -0.39 is 18.5 Å². The fourth-order valence-corrected chi connectivity index (χ4v) is 5.70. The summed E-state index contributed by atoms with van der Waals surface area (Å²) in [4.78, 5) is 32.6. The van der Waals surface area contributed by atoms with Crippen molar-refractivity contribution in [1.29, 1.82) is 5.26 Å². The first-order chi connectivity index (χ1) is 18.8. The summed E-state index contributed by atoms with van der Waals surface area (Å²) in [5.74, 6) is -1.54. The maximum atomic E-state index is 13.8. The molecule has 4 atom stereocenters. The average molecular weight is 553 g/mol. The molecule has 39 heavy (non-hydrogen) atoms. The number of carbonyl (C=O) groups excluding carboxylic acids is 2. The van der Waals surface area contributed by atoms with E-state index in [2.05, 4.69) is 21.5 Å². The van der Waals surface area contributed by atoms with E-state index in [0.29, 0.717) is 53.2 Å². The molecule has 3 aliphatic rings. The van der Waals surface area contributed by atoms with Gasteiger partial charge in [0.25, 0.3) is 0 Å². The lowest BCUT2D eigenvalue weighted by Crippen LogP contribution is -2.39. The Balaban J connectivity index is 1.52. The number of allylic oxidation sites excluding steroid dienone is 4. The smallest absolute Gasteiger partial charge is 0.330 e. The van der Waals surface area contributed by atoms with Gasteiger partial charge in [0.2, 0.25) is 11.8 Å². The molecule has 202 valence electrons. The Hall–Kier alpha value is -3.84. The van der Waals surface area contributed by atoms with Crippen LogP contribution in [0.15, 0.2) is 59.4 Å². The summed E-state index contributed by atoms with van der Waals surface area (Å²) in [5, 5.41) is 16.7. The molecule has 1 N–H and O–H groups in total. The number of hydrogen-bond acceptors (Lipinski definition) is 5. The number of amides is 2. The topological polar surface area (TPSA) is 104 Å². The number of nitriles is 1.